The van der Waals surface area contributed by atoms with Gasteiger partial charge in [0.25, 0.3) is 0 Å². The number of primary sulfonamides is 1. The molecule has 1 aromatic carbocycles. The van der Waals surface area contributed by atoms with E-state index < -0.39 is 37.7 Å². The topological polar surface area (TPSA) is 93.2 Å². The first-order chi connectivity index (χ1) is 9.07. The van der Waals surface area contributed by atoms with Crippen LogP contribution in [0.4, 0.5) is 8.78 Å². The third-order valence-corrected chi connectivity index (χ3v) is 3.47. The molecular weight excluding hydrogens is 290 g/mol. The molecule has 0 radical (unpaired) electrons. The molecule has 0 aromatic heterocycles. The zero-order valence-corrected chi connectivity index (χ0v) is 11.8. The van der Waals surface area contributed by atoms with Gasteiger partial charge < -0.3 is 4.74 Å². The van der Waals surface area contributed by atoms with Crippen LogP contribution in [-0.2, 0) is 10.0 Å². The monoisotopic (exact) mass is 304 g/mol. The second-order valence-corrected chi connectivity index (χ2v) is 6.42. The van der Waals surface area contributed by atoms with Gasteiger partial charge in [-0.1, -0.05) is 0 Å². The van der Waals surface area contributed by atoms with Gasteiger partial charge >= 0.3 is 0 Å². The van der Waals surface area contributed by atoms with Gasteiger partial charge in [-0.15, -0.1) is 0 Å². The maximum Gasteiger partial charge on any atom is 0.238 e. The maximum atomic E-state index is 13.6. The molecule has 5 nitrogen and oxygen atoms in total. The highest BCUT2D eigenvalue weighted by Crippen LogP contribution is 2.26. The molecule has 110 valence electrons. The number of nitrogens with two attached hydrogens (primary N) is 1. The Morgan fingerprint density at radius 3 is 2.25 bits per heavy atom. The van der Waals surface area contributed by atoms with Crippen LogP contribution in [0.15, 0.2) is 17.0 Å². The Kier molecular flexibility index (Phi) is 4.68. The van der Waals surface area contributed by atoms with Gasteiger partial charge in [-0.05, 0) is 32.4 Å². The normalized spacial score (nSPS) is 12.0. The predicted molar refractivity (Wildman–Crippen MR) is 67.2 cm³/mol. The fourth-order valence-corrected chi connectivity index (χ4v) is 1.84. The van der Waals surface area contributed by atoms with E-state index in [1.807, 2.05) is 6.07 Å². The summed E-state index contributed by atoms with van der Waals surface area (Å²) >= 11 is 0. The standard InChI is InChI=1S/C12H14F2N2O3S/c1-12(2,7-15)3-4-19-11-9(13)5-8(6-10(11)14)20(16,17)18/h5-6H,3-4H2,1-2H3,(H2,16,17,18). The molecule has 8 heteroatoms. The van der Waals surface area contributed by atoms with E-state index in [-0.39, 0.29) is 13.0 Å². The van der Waals surface area contributed by atoms with Crippen LogP contribution < -0.4 is 9.88 Å². The molecule has 0 fully saturated rings. The molecule has 0 amide bonds. The minimum atomic E-state index is -4.19. The number of hydrogen-bond donors (Lipinski definition) is 1. The summed E-state index contributed by atoms with van der Waals surface area (Å²) in [4.78, 5) is -0.669. The van der Waals surface area contributed by atoms with E-state index in [1.54, 1.807) is 13.8 Å². The quantitative estimate of drug-likeness (QED) is 0.899. The number of halogens is 2. The Morgan fingerprint density at radius 1 is 1.35 bits per heavy atom. The van der Waals surface area contributed by atoms with E-state index in [4.69, 9.17) is 15.1 Å². The highest BCUT2D eigenvalue weighted by Gasteiger charge is 2.20. The zero-order valence-electron chi connectivity index (χ0n) is 11.0. The molecule has 0 bridgehead atoms. The van der Waals surface area contributed by atoms with Crippen LogP contribution in [-0.4, -0.2) is 15.0 Å². The summed E-state index contributed by atoms with van der Waals surface area (Å²) < 4.78 is 54.1. The summed E-state index contributed by atoms with van der Waals surface area (Å²) in [5.41, 5.74) is -0.687. The summed E-state index contributed by atoms with van der Waals surface area (Å²) in [5, 5.41) is 13.6. The Balaban J connectivity index is 2.91. The molecule has 0 aliphatic carbocycles. The van der Waals surface area contributed by atoms with Gasteiger partial charge in [-0.3, -0.25) is 0 Å². The molecule has 0 aliphatic heterocycles. The van der Waals surface area contributed by atoms with Gasteiger partial charge in [0.1, 0.15) is 0 Å². The summed E-state index contributed by atoms with van der Waals surface area (Å²) in [6.07, 6.45) is 0.263. The second-order valence-electron chi connectivity index (χ2n) is 4.86. The number of benzene rings is 1. The Labute approximate surface area is 116 Å². The molecule has 0 heterocycles. The summed E-state index contributed by atoms with van der Waals surface area (Å²) in [7, 11) is -4.19. The number of hydrogen-bond acceptors (Lipinski definition) is 4. The lowest BCUT2D eigenvalue weighted by molar-refractivity contribution is 0.243. The lowest BCUT2D eigenvalue weighted by atomic mass is 9.92. The average molecular weight is 304 g/mol. The van der Waals surface area contributed by atoms with Crippen molar-refractivity contribution in [1.29, 1.82) is 5.26 Å². The lowest BCUT2D eigenvalue weighted by Gasteiger charge is -2.16. The third kappa shape index (κ3) is 4.15. The average Bonchev–Trinajstić information content (AvgIpc) is 2.31. The van der Waals surface area contributed by atoms with Gasteiger partial charge in [-0.25, -0.2) is 22.3 Å². The summed E-state index contributed by atoms with van der Waals surface area (Å²) in [6, 6.07) is 3.20. The molecule has 2 N–H and O–H groups in total. The van der Waals surface area contributed by atoms with Crippen molar-refractivity contribution in [2.45, 2.75) is 25.2 Å². The van der Waals surface area contributed by atoms with E-state index in [0.29, 0.717) is 12.1 Å². The van der Waals surface area contributed by atoms with Gasteiger partial charge in [0.05, 0.1) is 23.0 Å². The van der Waals surface area contributed by atoms with E-state index in [2.05, 4.69) is 0 Å². The van der Waals surface area contributed by atoms with Crippen molar-refractivity contribution in [1.82, 2.24) is 0 Å². The van der Waals surface area contributed by atoms with Crippen LogP contribution in [0.2, 0.25) is 0 Å². The predicted octanol–water partition coefficient (Wildman–Crippen LogP) is 1.93. The third-order valence-electron chi connectivity index (χ3n) is 2.58. The van der Waals surface area contributed by atoms with E-state index in [0.717, 1.165) is 0 Å². The maximum absolute atomic E-state index is 13.6. The van der Waals surface area contributed by atoms with Crippen LogP contribution in [0, 0.1) is 28.4 Å². The molecule has 20 heavy (non-hydrogen) atoms. The van der Waals surface area contributed by atoms with Crippen LogP contribution in [0.5, 0.6) is 5.75 Å². The fraction of sp³-hybridized carbons (Fsp3) is 0.417. The van der Waals surface area contributed by atoms with E-state index >= 15 is 0 Å². The number of nitriles is 1. The van der Waals surface area contributed by atoms with Crippen molar-refractivity contribution < 1.29 is 21.9 Å². The number of ether oxygens (including phenoxy) is 1. The van der Waals surface area contributed by atoms with Gasteiger partial charge in [0.15, 0.2) is 17.4 Å². The molecule has 1 aromatic rings. The van der Waals surface area contributed by atoms with Crippen LogP contribution in [0.1, 0.15) is 20.3 Å². The van der Waals surface area contributed by atoms with Gasteiger partial charge in [-0.2, -0.15) is 5.26 Å². The summed E-state index contributed by atoms with van der Waals surface area (Å²) in [6.45, 7) is 3.24. The Hall–Kier alpha value is -1.72. The Bertz CT molecular complexity index is 628. The second kappa shape index (κ2) is 5.73. The molecule has 0 atom stereocenters. The lowest BCUT2D eigenvalue weighted by Crippen LogP contribution is -2.15. The summed E-state index contributed by atoms with van der Waals surface area (Å²) in [5.74, 6) is -3.02. The minimum absolute atomic E-state index is 0.0802. The Morgan fingerprint density at radius 2 is 1.85 bits per heavy atom. The van der Waals surface area contributed by atoms with Crippen molar-refractivity contribution >= 4 is 10.0 Å². The van der Waals surface area contributed by atoms with Gasteiger partial charge in [0, 0.05) is 0 Å². The van der Waals surface area contributed by atoms with E-state index in [9.17, 15) is 17.2 Å². The van der Waals surface area contributed by atoms with Crippen LogP contribution in [0.3, 0.4) is 0 Å². The van der Waals surface area contributed by atoms with Crippen molar-refractivity contribution in [3.05, 3.63) is 23.8 Å². The molecule has 1 rings (SSSR count). The number of nitrogens with zero attached hydrogens (tertiary/aromatic N) is 1. The number of rotatable bonds is 5. The molecular formula is C12H14F2N2O3S. The van der Waals surface area contributed by atoms with Crippen LogP contribution in [0.25, 0.3) is 0 Å². The molecule has 0 unspecified atom stereocenters. The SMILES string of the molecule is CC(C)(C#N)CCOc1c(F)cc(S(N)(=O)=O)cc1F. The van der Waals surface area contributed by atoms with E-state index in [1.165, 1.54) is 0 Å². The van der Waals surface area contributed by atoms with Crippen molar-refractivity contribution in [3.63, 3.8) is 0 Å². The van der Waals surface area contributed by atoms with Crippen molar-refractivity contribution in [2.24, 2.45) is 10.6 Å². The minimum Gasteiger partial charge on any atom is -0.488 e. The largest absolute Gasteiger partial charge is 0.488 e. The molecule has 0 spiro atoms. The molecule has 0 saturated carbocycles. The van der Waals surface area contributed by atoms with Crippen LogP contribution >= 0.6 is 0 Å². The highest BCUT2D eigenvalue weighted by atomic mass is 32.2. The molecule has 0 saturated heterocycles. The van der Waals surface area contributed by atoms with Gasteiger partial charge in [0.2, 0.25) is 10.0 Å². The number of sulfonamides is 1. The smallest absolute Gasteiger partial charge is 0.238 e. The van der Waals surface area contributed by atoms with Crippen molar-refractivity contribution in [3.8, 4) is 11.8 Å². The fourth-order valence-electron chi connectivity index (χ4n) is 1.30. The molecule has 0 aliphatic rings. The van der Waals surface area contributed by atoms with Crippen molar-refractivity contribution in [2.75, 3.05) is 6.61 Å². The first-order valence-electron chi connectivity index (χ1n) is 5.63. The highest BCUT2D eigenvalue weighted by molar-refractivity contribution is 7.89. The first-order valence-corrected chi connectivity index (χ1v) is 7.17. The first kappa shape index (κ1) is 16.3. The zero-order chi connectivity index (χ0) is 15.6.